The zero-order valence-electron chi connectivity index (χ0n) is 26.9. The maximum atomic E-state index is 15.5. The summed E-state index contributed by atoms with van der Waals surface area (Å²) in [6.45, 7) is 0. The minimum atomic E-state index is -4.98. The molecule has 0 N–H and O–H groups in total. The summed E-state index contributed by atoms with van der Waals surface area (Å²) in [6, 6.07) is 9.83. The predicted molar refractivity (Wildman–Crippen MR) is 165 cm³/mol. The van der Waals surface area contributed by atoms with E-state index in [9.17, 15) is 54.4 Å². The molecule has 0 radical (unpaired) electrons. The lowest BCUT2D eigenvalue weighted by molar-refractivity contribution is -0.138. The summed E-state index contributed by atoms with van der Waals surface area (Å²) >= 11 is 0. The molecule has 5 aromatic rings. The number of halogens is 14. The first kappa shape index (κ1) is 40.0. The quantitative estimate of drug-likeness (QED) is 0.134. The van der Waals surface area contributed by atoms with E-state index in [0.717, 1.165) is 12.1 Å². The third kappa shape index (κ3) is 6.73. The molecule has 0 bridgehead atoms. The third-order valence-corrected chi connectivity index (χ3v) is 8.22. The Morgan fingerprint density at radius 2 is 0.679 bits per heavy atom. The second kappa shape index (κ2) is 14.6. The maximum absolute atomic E-state index is 15.5. The zero-order chi connectivity index (χ0) is 41.6. The van der Waals surface area contributed by atoms with Crippen LogP contribution in [-0.4, -0.2) is 0 Å². The normalized spacial score (nSPS) is 12.6. The molecular weight excluding hydrogens is 778 g/mol. The standard InChI is InChI=1S/C38H10F14N4/c39-29-25(13-55)30(40)34(44)27(33(29)43)23(11-53)21-10-20(16-3-7-18(8-4-16)38(50,51)52)22(9-19(21)15-1-5-17(6-2-15)37(47,48)49)24(12-54)28-35(45)31(41)26(14-56)32(42)36(28)46/h1-10H/b23-21+,24-22+. The first-order valence-electron chi connectivity index (χ1n) is 14.8. The molecule has 0 aliphatic carbocycles. The molecule has 0 saturated carbocycles. The Kier molecular flexibility index (Phi) is 10.4. The summed E-state index contributed by atoms with van der Waals surface area (Å²) in [6.07, 6.45) is -9.96. The van der Waals surface area contributed by atoms with Crippen LogP contribution in [0.2, 0.25) is 0 Å². The molecule has 0 aliphatic rings. The Labute approximate surface area is 303 Å². The molecule has 0 spiro atoms. The number of alkyl halides is 6. The van der Waals surface area contributed by atoms with E-state index in [1.165, 1.54) is 12.1 Å². The van der Waals surface area contributed by atoms with E-state index in [1.54, 1.807) is 0 Å². The molecule has 4 nitrogen and oxygen atoms in total. The maximum Gasteiger partial charge on any atom is 0.416 e. The van der Waals surface area contributed by atoms with E-state index in [-0.39, 0.29) is 0 Å². The summed E-state index contributed by atoms with van der Waals surface area (Å²) in [7, 11) is 0. The number of rotatable bonds is 4. The Morgan fingerprint density at radius 1 is 0.411 bits per heavy atom. The summed E-state index contributed by atoms with van der Waals surface area (Å²) in [5.41, 5.74) is -15.0. The fraction of sp³-hybridized carbons (Fsp3) is 0.0526. The molecule has 0 aromatic heterocycles. The monoisotopic (exact) mass is 788 g/mol. The number of hydrogen-bond donors (Lipinski definition) is 0. The van der Waals surface area contributed by atoms with Crippen LogP contribution < -0.4 is 10.4 Å². The van der Waals surface area contributed by atoms with Crippen molar-refractivity contribution in [3.8, 4) is 46.5 Å². The van der Waals surface area contributed by atoms with E-state index in [0.29, 0.717) is 60.7 Å². The average molecular weight is 788 g/mol. The van der Waals surface area contributed by atoms with Gasteiger partial charge in [0.15, 0.2) is 46.5 Å². The average Bonchev–Trinajstić information content (AvgIpc) is 3.16. The Hall–Kier alpha value is -7.18. The summed E-state index contributed by atoms with van der Waals surface area (Å²) < 4.78 is 202. The lowest BCUT2D eigenvalue weighted by Crippen LogP contribution is -2.22. The minimum Gasteiger partial charge on any atom is -0.203 e. The first-order chi connectivity index (χ1) is 26.2. The van der Waals surface area contributed by atoms with E-state index < -0.39 is 136 Å². The van der Waals surface area contributed by atoms with Crippen LogP contribution in [0.1, 0.15) is 33.4 Å². The van der Waals surface area contributed by atoms with Gasteiger partial charge < -0.3 is 0 Å². The van der Waals surface area contributed by atoms with E-state index in [1.807, 2.05) is 0 Å². The number of nitriles is 4. The van der Waals surface area contributed by atoms with Gasteiger partial charge in [-0.2, -0.15) is 47.4 Å². The SMILES string of the molecule is N#C/C(c1c(F)c(F)c(C#N)c(F)c1F)=c1/cc(-c2ccc(C(F)(F)F)cc2)/c(=C(\C#N)c2c(F)c(F)c(C#N)c(F)c2F)cc1-c1ccc(C(F)(F)F)cc1. The van der Waals surface area contributed by atoms with Crippen LogP contribution in [0.4, 0.5) is 61.5 Å². The molecule has 0 fully saturated rings. The highest BCUT2D eigenvalue weighted by molar-refractivity contribution is 5.87. The molecule has 0 saturated heterocycles. The lowest BCUT2D eigenvalue weighted by Gasteiger charge is -2.15. The lowest BCUT2D eigenvalue weighted by atomic mass is 9.88. The number of benzene rings is 5. The molecule has 5 aromatic carbocycles. The van der Waals surface area contributed by atoms with Crippen molar-refractivity contribution in [2.75, 3.05) is 0 Å². The second-order valence-electron chi connectivity index (χ2n) is 11.3. The van der Waals surface area contributed by atoms with E-state index >= 15 is 17.6 Å². The molecule has 56 heavy (non-hydrogen) atoms. The van der Waals surface area contributed by atoms with Crippen molar-refractivity contribution in [2.45, 2.75) is 12.4 Å². The van der Waals surface area contributed by atoms with Gasteiger partial charge in [0.25, 0.3) is 0 Å². The van der Waals surface area contributed by atoms with Gasteiger partial charge in [-0.3, -0.25) is 0 Å². The Morgan fingerprint density at radius 3 is 0.893 bits per heavy atom. The smallest absolute Gasteiger partial charge is 0.203 e. The number of hydrogen-bond acceptors (Lipinski definition) is 4. The summed E-state index contributed by atoms with van der Waals surface area (Å²) in [5.74, 6) is -18.6. The number of nitrogens with zero attached hydrogens (tertiary/aromatic N) is 4. The molecule has 5 rings (SSSR count). The van der Waals surface area contributed by atoms with Gasteiger partial charge in [0.05, 0.1) is 33.4 Å². The van der Waals surface area contributed by atoms with Gasteiger partial charge in [0.1, 0.15) is 35.4 Å². The van der Waals surface area contributed by atoms with E-state index in [4.69, 9.17) is 10.5 Å². The molecule has 0 atom stereocenters. The van der Waals surface area contributed by atoms with Crippen molar-refractivity contribution in [2.24, 2.45) is 0 Å². The van der Waals surface area contributed by atoms with Crippen LogP contribution >= 0.6 is 0 Å². The highest BCUT2D eigenvalue weighted by Crippen LogP contribution is 2.35. The molecular formula is C38H10F14N4. The van der Waals surface area contributed by atoms with Crippen molar-refractivity contribution < 1.29 is 61.5 Å². The molecule has 18 heteroatoms. The van der Waals surface area contributed by atoms with Crippen LogP contribution in [0.3, 0.4) is 0 Å². The van der Waals surface area contributed by atoms with Crippen LogP contribution in [-0.2, 0) is 12.4 Å². The van der Waals surface area contributed by atoms with E-state index in [2.05, 4.69) is 0 Å². The van der Waals surface area contributed by atoms with Gasteiger partial charge in [-0.1, -0.05) is 24.3 Å². The minimum absolute atomic E-state index is 0.427. The van der Waals surface area contributed by atoms with Crippen LogP contribution in [0.15, 0.2) is 60.7 Å². The largest absolute Gasteiger partial charge is 0.416 e. The van der Waals surface area contributed by atoms with Crippen molar-refractivity contribution >= 4 is 11.1 Å². The fourth-order valence-corrected chi connectivity index (χ4v) is 5.57. The predicted octanol–water partition coefficient (Wildman–Crippen LogP) is 9.36. The van der Waals surface area contributed by atoms with Gasteiger partial charge in [-0.25, -0.2) is 35.1 Å². The molecule has 0 unspecified atom stereocenters. The molecule has 280 valence electrons. The topological polar surface area (TPSA) is 95.2 Å². The summed E-state index contributed by atoms with van der Waals surface area (Å²) in [5, 5.41) is 36.7. The van der Waals surface area contributed by atoms with Crippen molar-refractivity contribution in [1.82, 2.24) is 0 Å². The van der Waals surface area contributed by atoms with Crippen molar-refractivity contribution in [1.29, 1.82) is 21.0 Å². The van der Waals surface area contributed by atoms with Crippen molar-refractivity contribution in [3.05, 3.63) is 151 Å². The highest BCUT2D eigenvalue weighted by Gasteiger charge is 2.33. The molecule has 0 aliphatic heterocycles. The van der Waals surface area contributed by atoms with Gasteiger partial charge in [-0.15, -0.1) is 0 Å². The van der Waals surface area contributed by atoms with Crippen molar-refractivity contribution in [3.63, 3.8) is 0 Å². The molecule has 0 amide bonds. The van der Waals surface area contributed by atoms with Crippen LogP contribution in [0, 0.1) is 91.9 Å². The zero-order valence-corrected chi connectivity index (χ0v) is 26.9. The second-order valence-corrected chi connectivity index (χ2v) is 11.3. The van der Waals surface area contributed by atoms with Gasteiger partial charge >= 0.3 is 12.4 Å². The Bertz CT molecular complexity index is 2530. The van der Waals surface area contributed by atoms with Crippen LogP contribution in [0.25, 0.3) is 33.4 Å². The Balaban J connectivity index is 2.15. The first-order valence-corrected chi connectivity index (χ1v) is 14.8. The van der Waals surface area contributed by atoms with Gasteiger partial charge in [0, 0.05) is 10.4 Å². The fourth-order valence-electron chi connectivity index (χ4n) is 5.57. The molecule has 0 heterocycles. The summed E-state index contributed by atoms with van der Waals surface area (Å²) in [4.78, 5) is 0. The van der Waals surface area contributed by atoms with Crippen LogP contribution in [0.5, 0.6) is 0 Å². The van der Waals surface area contributed by atoms with Gasteiger partial charge in [-0.05, 0) is 58.7 Å². The van der Waals surface area contributed by atoms with Gasteiger partial charge in [0.2, 0.25) is 0 Å². The third-order valence-electron chi connectivity index (χ3n) is 8.22. The highest BCUT2D eigenvalue weighted by atomic mass is 19.4.